The zero-order chi connectivity index (χ0) is 21.1. The van der Waals surface area contributed by atoms with Gasteiger partial charge in [-0.25, -0.2) is 0 Å². The van der Waals surface area contributed by atoms with E-state index in [-0.39, 0.29) is 17.7 Å². The summed E-state index contributed by atoms with van der Waals surface area (Å²) >= 11 is 0. The van der Waals surface area contributed by atoms with Crippen LogP contribution in [0.15, 0.2) is 63.8 Å². The normalized spacial score (nSPS) is 15.1. The van der Waals surface area contributed by atoms with Gasteiger partial charge in [-0.2, -0.15) is 0 Å². The predicted octanol–water partition coefficient (Wildman–Crippen LogP) is 4.94. The molecule has 1 unspecified atom stereocenters. The molecule has 2 amide bonds. The van der Waals surface area contributed by atoms with E-state index in [9.17, 15) is 9.59 Å². The summed E-state index contributed by atoms with van der Waals surface area (Å²) in [5.41, 5.74) is 2.75. The van der Waals surface area contributed by atoms with Crippen molar-refractivity contribution < 1.29 is 18.4 Å². The van der Waals surface area contributed by atoms with Crippen LogP contribution in [0.4, 0.5) is 5.69 Å². The zero-order valence-corrected chi connectivity index (χ0v) is 17.3. The molecule has 1 aliphatic rings. The number of hydrogen-bond acceptors (Lipinski definition) is 4. The molecular formula is C24H26N2O4. The fourth-order valence-electron chi connectivity index (χ4n) is 3.95. The predicted molar refractivity (Wildman–Crippen MR) is 113 cm³/mol. The second-order valence-corrected chi connectivity index (χ2v) is 7.83. The van der Waals surface area contributed by atoms with Crippen LogP contribution >= 0.6 is 0 Å². The SMILES string of the molecule is Cc1ccc(N(C(=O)c2ccco2)C(C(=O)NC2CCCC2)c2ccco2)cc1C. The van der Waals surface area contributed by atoms with Crippen LogP contribution < -0.4 is 10.2 Å². The Kier molecular flexibility index (Phi) is 5.74. The van der Waals surface area contributed by atoms with Crippen LogP contribution in [0.25, 0.3) is 0 Å². The minimum absolute atomic E-state index is 0.121. The molecule has 4 rings (SSSR count). The first-order valence-electron chi connectivity index (χ1n) is 10.3. The lowest BCUT2D eigenvalue weighted by Gasteiger charge is -2.30. The van der Waals surface area contributed by atoms with E-state index in [0.29, 0.717) is 11.4 Å². The number of hydrogen-bond donors (Lipinski definition) is 1. The monoisotopic (exact) mass is 406 g/mol. The van der Waals surface area contributed by atoms with Crippen molar-refractivity contribution in [3.63, 3.8) is 0 Å². The molecular weight excluding hydrogens is 380 g/mol. The summed E-state index contributed by atoms with van der Waals surface area (Å²) in [6, 6.07) is 11.6. The zero-order valence-electron chi connectivity index (χ0n) is 17.3. The van der Waals surface area contributed by atoms with E-state index < -0.39 is 11.9 Å². The second kappa shape index (κ2) is 8.61. The van der Waals surface area contributed by atoms with Crippen LogP contribution in [0, 0.1) is 13.8 Å². The molecule has 1 fully saturated rings. The van der Waals surface area contributed by atoms with Gasteiger partial charge in [0.05, 0.1) is 12.5 Å². The standard InChI is InChI=1S/C24H26N2O4/c1-16-11-12-19(15-17(16)2)26(24(28)21-10-6-14-30-21)22(20-9-5-13-29-20)23(27)25-18-7-3-4-8-18/h5-6,9-15,18,22H,3-4,7-8H2,1-2H3,(H,25,27). The molecule has 2 heterocycles. The van der Waals surface area contributed by atoms with E-state index in [1.54, 1.807) is 24.3 Å². The number of rotatable bonds is 6. The molecule has 30 heavy (non-hydrogen) atoms. The van der Waals surface area contributed by atoms with E-state index in [2.05, 4.69) is 5.32 Å². The number of carbonyl (C=O) groups excluding carboxylic acids is 2. The number of furan rings is 2. The van der Waals surface area contributed by atoms with Crippen molar-refractivity contribution in [2.75, 3.05) is 4.90 Å². The van der Waals surface area contributed by atoms with Gasteiger partial charge in [-0.1, -0.05) is 18.9 Å². The number of aryl methyl sites for hydroxylation is 2. The fourth-order valence-corrected chi connectivity index (χ4v) is 3.95. The maximum Gasteiger partial charge on any atom is 0.295 e. The minimum atomic E-state index is -0.944. The van der Waals surface area contributed by atoms with E-state index >= 15 is 0 Å². The van der Waals surface area contributed by atoms with Crippen molar-refractivity contribution in [3.05, 3.63) is 77.6 Å². The number of amides is 2. The van der Waals surface area contributed by atoms with E-state index in [0.717, 1.165) is 36.8 Å². The third-order valence-corrected chi connectivity index (χ3v) is 5.74. The Hall–Kier alpha value is -3.28. The van der Waals surface area contributed by atoms with Gasteiger partial charge in [-0.3, -0.25) is 14.5 Å². The van der Waals surface area contributed by atoms with Crippen LogP contribution in [0.2, 0.25) is 0 Å². The van der Waals surface area contributed by atoms with Crippen LogP contribution in [-0.2, 0) is 4.79 Å². The number of anilines is 1. The smallest absolute Gasteiger partial charge is 0.295 e. The Morgan fingerprint density at radius 3 is 2.37 bits per heavy atom. The van der Waals surface area contributed by atoms with Gasteiger partial charge in [0.15, 0.2) is 11.8 Å². The first kappa shape index (κ1) is 20.0. The molecule has 2 aromatic heterocycles. The van der Waals surface area contributed by atoms with E-state index in [1.165, 1.54) is 17.4 Å². The van der Waals surface area contributed by atoms with Crippen molar-refractivity contribution >= 4 is 17.5 Å². The largest absolute Gasteiger partial charge is 0.467 e. The van der Waals surface area contributed by atoms with Gasteiger partial charge in [-0.15, -0.1) is 0 Å². The molecule has 0 aliphatic heterocycles. The molecule has 0 saturated heterocycles. The molecule has 1 N–H and O–H groups in total. The lowest BCUT2D eigenvalue weighted by molar-refractivity contribution is -0.123. The van der Waals surface area contributed by atoms with Gasteiger partial charge in [-0.05, 0) is 74.2 Å². The molecule has 1 atom stereocenters. The highest BCUT2D eigenvalue weighted by Crippen LogP contribution is 2.32. The Bertz CT molecular complexity index is 1000. The molecule has 0 bridgehead atoms. The number of nitrogens with zero attached hydrogens (tertiary/aromatic N) is 1. The fraction of sp³-hybridized carbons (Fsp3) is 0.333. The number of carbonyl (C=O) groups is 2. The highest BCUT2D eigenvalue weighted by atomic mass is 16.3. The molecule has 3 aromatic rings. The van der Waals surface area contributed by atoms with Crippen molar-refractivity contribution in [1.82, 2.24) is 5.32 Å². The summed E-state index contributed by atoms with van der Waals surface area (Å²) < 4.78 is 11.0. The third kappa shape index (κ3) is 4.03. The van der Waals surface area contributed by atoms with Gasteiger partial charge in [0.2, 0.25) is 0 Å². The topological polar surface area (TPSA) is 75.7 Å². The van der Waals surface area contributed by atoms with E-state index in [4.69, 9.17) is 8.83 Å². The van der Waals surface area contributed by atoms with Gasteiger partial charge in [0.1, 0.15) is 5.76 Å². The van der Waals surface area contributed by atoms with Gasteiger partial charge >= 0.3 is 0 Å². The van der Waals surface area contributed by atoms with Crippen molar-refractivity contribution in [3.8, 4) is 0 Å². The van der Waals surface area contributed by atoms with Crippen LogP contribution in [-0.4, -0.2) is 17.9 Å². The van der Waals surface area contributed by atoms with Gasteiger partial charge < -0.3 is 14.2 Å². The Balaban J connectivity index is 1.78. The second-order valence-electron chi connectivity index (χ2n) is 7.83. The average Bonchev–Trinajstić information content (AvgIpc) is 3.50. The average molecular weight is 406 g/mol. The molecule has 6 nitrogen and oxygen atoms in total. The third-order valence-electron chi connectivity index (χ3n) is 5.74. The van der Waals surface area contributed by atoms with Crippen LogP contribution in [0.1, 0.15) is 59.2 Å². The van der Waals surface area contributed by atoms with Crippen LogP contribution in [0.5, 0.6) is 0 Å². The summed E-state index contributed by atoms with van der Waals surface area (Å²) in [6.07, 6.45) is 7.07. The Morgan fingerprint density at radius 2 is 1.73 bits per heavy atom. The maximum atomic E-state index is 13.5. The summed E-state index contributed by atoms with van der Waals surface area (Å²) in [7, 11) is 0. The van der Waals surface area contributed by atoms with Crippen molar-refractivity contribution in [2.24, 2.45) is 0 Å². The maximum absolute atomic E-state index is 13.5. The highest BCUT2D eigenvalue weighted by molar-refractivity contribution is 6.08. The van der Waals surface area contributed by atoms with Gasteiger partial charge in [0.25, 0.3) is 11.8 Å². The first-order valence-corrected chi connectivity index (χ1v) is 10.3. The molecule has 156 valence electrons. The molecule has 0 radical (unpaired) electrons. The number of benzene rings is 1. The van der Waals surface area contributed by atoms with Crippen molar-refractivity contribution in [2.45, 2.75) is 51.6 Å². The highest BCUT2D eigenvalue weighted by Gasteiger charge is 2.37. The molecule has 1 aromatic carbocycles. The summed E-state index contributed by atoms with van der Waals surface area (Å²) in [5, 5.41) is 3.12. The summed E-state index contributed by atoms with van der Waals surface area (Å²) in [6.45, 7) is 3.99. The summed E-state index contributed by atoms with van der Waals surface area (Å²) in [4.78, 5) is 28.4. The quantitative estimate of drug-likeness (QED) is 0.629. The Labute approximate surface area is 175 Å². The lowest BCUT2D eigenvalue weighted by Crippen LogP contribution is -2.46. The molecule has 0 spiro atoms. The summed E-state index contributed by atoms with van der Waals surface area (Å²) in [5.74, 6) is -0.0803. The van der Waals surface area contributed by atoms with Gasteiger partial charge in [0, 0.05) is 11.7 Å². The Morgan fingerprint density at radius 1 is 1.00 bits per heavy atom. The first-order chi connectivity index (χ1) is 14.5. The lowest BCUT2D eigenvalue weighted by atomic mass is 10.1. The molecule has 1 saturated carbocycles. The van der Waals surface area contributed by atoms with Crippen LogP contribution in [0.3, 0.4) is 0 Å². The van der Waals surface area contributed by atoms with E-state index in [1.807, 2.05) is 32.0 Å². The van der Waals surface area contributed by atoms with Crippen molar-refractivity contribution in [1.29, 1.82) is 0 Å². The minimum Gasteiger partial charge on any atom is -0.467 e. The molecule has 1 aliphatic carbocycles. The molecule has 6 heteroatoms. The number of nitrogens with one attached hydrogen (secondary N) is 1.